The first-order valence-electron chi connectivity index (χ1n) is 5.73. The summed E-state index contributed by atoms with van der Waals surface area (Å²) in [7, 11) is 0. The number of rotatable bonds is 1. The lowest BCUT2D eigenvalue weighted by Crippen LogP contribution is -1.89. The zero-order valence-electron chi connectivity index (χ0n) is 10.2. The number of aromatic nitrogens is 3. The molecule has 3 aromatic rings. The number of nitrogens with zero attached hydrogens (tertiary/aromatic N) is 3. The minimum Gasteiger partial charge on any atom is -0.219 e. The average molecular weight is 302 g/mol. The van der Waals surface area contributed by atoms with Crippen molar-refractivity contribution in [1.29, 1.82) is 0 Å². The Bertz CT molecular complexity index is 692. The van der Waals surface area contributed by atoms with Crippen LogP contribution in [0.3, 0.4) is 0 Å². The van der Waals surface area contributed by atoms with Crippen LogP contribution in [0.5, 0.6) is 0 Å². The molecular formula is C14H12BrN3. The largest absolute Gasteiger partial charge is 0.219 e. The van der Waals surface area contributed by atoms with E-state index in [-0.39, 0.29) is 0 Å². The predicted octanol–water partition coefficient (Wildman–Crippen LogP) is 3.78. The Kier molecular flexibility index (Phi) is 2.67. The number of hydrogen-bond donors (Lipinski definition) is 0. The third kappa shape index (κ3) is 1.93. The Labute approximate surface area is 114 Å². The molecule has 4 heteroatoms. The molecule has 0 bridgehead atoms. The lowest BCUT2D eigenvalue weighted by molar-refractivity contribution is 0.956. The van der Waals surface area contributed by atoms with Gasteiger partial charge in [0.05, 0.1) is 0 Å². The molecule has 1 aromatic carbocycles. The van der Waals surface area contributed by atoms with Crippen molar-refractivity contribution in [2.45, 2.75) is 13.8 Å². The summed E-state index contributed by atoms with van der Waals surface area (Å²) >= 11 is 3.50. The zero-order valence-corrected chi connectivity index (χ0v) is 11.8. The van der Waals surface area contributed by atoms with Gasteiger partial charge < -0.3 is 0 Å². The highest BCUT2D eigenvalue weighted by Gasteiger charge is 2.07. The number of hydrogen-bond acceptors (Lipinski definition) is 2. The molecular weight excluding hydrogens is 290 g/mol. The van der Waals surface area contributed by atoms with Gasteiger partial charge in [-0.1, -0.05) is 23.8 Å². The van der Waals surface area contributed by atoms with E-state index < -0.39 is 0 Å². The maximum atomic E-state index is 4.56. The summed E-state index contributed by atoms with van der Waals surface area (Å²) in [5.41, 5.74) is 4.29. The van der Waals surface area contributed by atoms with E-state index in [0.29, 0.717) is 0 Å². The first kappa shape index (κ1) is 11.4. The SMILES string of the molecule is Cc1cccc(-c2nc3cc(C)c(Br)cn3n2)c1. The molecule has 90 valence electrons. The van der Waals surface area contributed by atoms with Crippen molar-refractivity contribution in [1.82, 2.24) is 14.6 Å². The molecule has 2 aromatic heterocycles. The van der Waals surface area contributed by atoms with Gasteiger partial charge in [-0.3, -0.25) is 0 Å². The summed E-state index contributed by atoms with van der Waals surface area (Å²) in [6, 6.07) is 10.2. The summed E-state index contributed by atoms with van der Waals surface area (Å²) in [4.78, 5) is 4.56. The van der Waals surface area contributed by atoms with Crippen LogP contribution in [0.25, 0.3) is 17.0 Å². The molecule has 0 amide bonds. The Morgan fingerprint density at radius 2 is 2.00 bits per heavy atom. The summed E-state index contributed by atoms with van der Waals surface area (Å²) in [5, 5.41) is 4.50. The smallest absolute Gasteiger partial charge is 0.182 e. The molecule has 0 aliphatic heterocycles. The van der Waals surface area contributed by atoms with Gasteiger partial charge in [0.25, 0.3) is 0 Å². The lowest BCUT2D eigenvalue weighted by atomic mass is 10.1. The van der Waals surface area contributed by atoms with Crippen LogP contribution in [-0.4, -0.2) is 14.6 Å². The summed E-state index contributed by atoms with van der Waals surface area (Å²) < 4.78 is 2.84. The second-order valence-corrected chi connectivity index (χ2v) is 5.27. The summed E-state index contributed by atoms with van der Waals surface area (Å²) in [6.07, 6.45) is 1.94. The second kappa shape index (κ2) is 4.21. The number of benzene rings is 1. The van der Waals surface area contributed by atoms with Crippen molar-refractivity contribution in [3.8, 4) is 11.4 Å². The van der Waals surface area contributed by atoms with E-state index in [1.54, 1.807) is 4.52 Å². The number of aryl methyl sites for hydroxylation is 2. The quantitative estimate of drug-likeness (QED) is 0.685. The molecule has 3 nitrogen and oxygen atoms in total. The number of pyridine rings is 1. The van der Waals surface area contributed by atoms with Gasteiger partial charge in [-0.05, 0) is 47.5 Å². The van der Waals surface area contributed by atoms with E-state index in [0.717, 1.165) is 27.1 Å². The normalized spacial score (nSPS) is 11.1. The number of fused-ring (bicyclic) bond motifs is 1. The Morgan fingerprint density at radius 1 is 1.17 bits per heavy atom. The van der Waals surface area contributed by atoms with Gasteiger partial charge in [0, 0.05) is 16.2 Å². The fourth-order valence-corrected chi connectivity index (χ4v) is 2.22. The highest BCUT2D eigenvalue weighted by atomic mass is 79.9. The third-order valence-electron chi connectivity index (χ3n) is 2.89. The van der Waals surface area contributed by atoms with Crippen LogP contribution in [0.1, 0.15) is 11.1 Å². The summed E-state index contributed by atoms with van der Waals surface area (Å²) in [6.45, 7) is 4.12. The summed E-state index contributed by atoms with van der Waals surface area (Å²) in [5.74, 6) is 0.760. The van der Waals surface area contributed by atoms with Gasteiger partial charge >= 0.3 is 0 Å². The first-order valence-corrected chi connectivity index (χ1v) is 6.52. The van der Waals surface area contributed by atoms with Gasteiger partial charge in [-0.25, -0.2) is 9.50 Å². The van der Waals surface area contributed by atoms with E-state index in [4.69, 9.17) is 0 Å². The highest BCUT2D eigenvalue weighted by molar-refractivity contribution is 9.10. The first-order chi connectivity index (χ1) is 8.63. The van der Waals surface area contributed by atoms with E-state index in [1.807, 2.05) is 31.3 Å². The molecule has 0 spiro atoms. The van der Waals surface area contributed by atoms with E-state index >= 15 is 0 Å². The minimum absolute atomic E-state index is 0.760. The van der Waals surface area contributed by atoms with Crippen molar-refractivity contribution in [2.75, 3.05) is 0 Å². The van der Waals surface area contributed by atoms with Gasteiger partial charge in [0.15, 0.2) is 11.5 Å². The van der Waals surface area contributed by atoms with Gasteiger partial charge in [0.2, 0.25) is 0 Å². The monoisotopic (exact) mass is 301 g/mol. The van der Waals surface area contributed by atoms with Crippen molar-refractivity contribution >= 4 is 21.6 Å². The van der Waals surface area contributed by atoms with E-state index in [9.17, 15) is 0 Å². The van der Waals surface area contributed by atoms with E-state index in [1.165, 1.54) is 5.56 Å². The van der Waals surface area contributed by atoms with Gasteiger partial charge in [0.1, 0.15) is 0 Å². The molecule has 0 N–H and O–H groups in total. The molecule has 0 radical (unpaired) electrons. The van der Waals surface area contributed by atoms with Crippen molar-refractivity contribution < 1.29 is 0 Å². The topological polar surface area (TPSA) is 30.2 Å². The Balaban J connectivity index is 2.19. The van der Waals surface area contributed by atoms with Crippen LogP contribution in [-0.2, 0) is 0 Å². The van der Waals surface area contributed by atoms with Crippen LogP contribution in [0.15, 0.2) is 41.0 Å². The van der Waals surface area contributed by atoms with Crippen LogP contribution in [0, 0.1) is 13.8 Å². The molecule has 2 heterocycles. The second-order valence-electron chi connectivity index (χ2n) is 4.41. The van der Waals surface area contributed by atoms with Crippen molar-refractivity contribution in [3.05, 3.63) is 52.1 Å². The molecule has 0 atom stereocenters. The Morgan fingerprint density at radius 3 is 2.78 bits per heavy atom. The fraction of sp³-hybridized carbons (Fsp3) is 0.143. The van der Waals surface area contributed by atoms with Crippen molar-refractivity contribution in [2.24, 2.45) is 0 Å². The molecule has 0 saturated carbocycles. The van der Waals surface area contributed by atoms with Crippen LogP contribution < -0.4 is 0 Å². The van der Waals surface area contributed by atoms with Gasteiger partial charge in [-0.15, -0.1) is 5.10 Å². The maximum absolute atomic E-state index is 4.56. The van der Waals surface area contributed by atoms with Crippen LogP contribution in [0.2, 0.25) is 0 Å². The molecule has 3 rings (SSSR count). The molecule has 0 fully saturated rings. The molecule has 0 unspecified atom stereocenters. The van der Waals surface area contributed by atoms with Crippen LogP contribution >= 0.6 is 15.9 Å². The average Bonchev–Trinajstić information content (AvgIpc) is 2.73. The van der Waals surface area contributed by atoms with Crippen molar-refractivity contribution in [3.63, 3.8) is 0 Å². The zero-order chi connectivity index (χ0) is 12.7. The van der Waals surface area contributed by atoms with Gasteiger partial charge in [-0.2, -0.15) is 0 Å². The molecule has 0 aliphatic rings. The highest BCUT2D eigenvalue weighted by Crippen LogP contribution is 2.21. The Hall–Kier alpha value is -1.68. The molecule has 0 saturated heterocycles. The fourth-order valence-electron chi connectivity index (χ4n) is 1.91. The maximum Gasteiger partial charge on any atom is 0.182 e. The van der Waals surface area contributed by atoms with Crippen LogP contribution in [0.4, 0.5) is 0 Å². The standard InChI is InChI=1S/C14H12BrN3/c1-9-4-3-5-11(6-9)14-16-13-7-10(2)12(15)8-18(13)17-14/h3-8H,1-2H3. The minimum atomic E-state index is 0.760. The predicted molar refractivity (Wildman–Crippen MR) is 75.6 cm³/mol. The third-order valence-corrected chi connectivity index (χ3v) is 3.72. The molecule has 0 aliphatic carbocycles. The number of halogens is 1. The van der Waals surface area contributed by atoms with E-state index in [2.05, 4.69) is 45.1 Å². The lowest BCUT2D eigenvalue weighted by Gasteiger charge is -1.96. The molecule has 18 heavy (non-hydrogen) atoms.